The molecule has 180 valence electrons. The molecule has 0 unspecified atom stereocenters. The Morgan fingerprint density at radius 3 is 2.06 bits per heavy atom. The van der Waals surface area contributed by atoms with Gasteiger partial charge in [-0.05, 0) is 84.4 Å². The molecule has 0 aromatic heterocycles. The molecule has 1 aliphatic rings. The monoisotopic (exact) mass is 466 g/mol. The molecule has 1 nitrogen and oxygen atoms in total. The third-order valence-electron chi connectivity index (χ3n) is 7.02. The molecule has 4 heteroatoms. The molecule has 0 bridgehead atoms. The van der Waals surface area contributed by atoms with Gasteiger partial charge in [0.15, 0.2) is 11.6 Å². The number of hydrogen-bond donors (Lipinski definition) is 0. The molecule has 4 rings (SSSR count). The zero-order valence-corrected chi connectivity index (χ0v) is 20.0. The van der Waals surface area contributed by atoms with Crippen molar-refractivity contribution in [2.75, 3.05) is 6.61 Å². The van der Waals surface area contributed by atoms with E-state index in [0.717, 1.165) is 35.4 Å². The van der Waals surface area contributed by atoms with Crippen molar-refractivity contribution < 1.29 is 17.9 Å². The molecular weight excluding hydrogens is 433 g/mol. The van der Waals surface area contributed by atoms with Gasteiger partial charge in [0, 0.05) is 5.56 Å². The maximum Gasteiger partial charge on any atom is 0.201 e. The number of ether oxygens (including phenoxy) is 1. The summed E-state index contributed by atoms with van der Waals surface area (Å²) in [5, 5.41) is 0. The summed E-state index contributed by atoms with van der Waals surface area (Å²) in [6.45, 7) is 4.47. The standard InChI is InChI=1S/C30H33F3O/c1-3-5-20-6-8-22(9-7-20)25-15-14-24(19-27(25)31)21-10-12-23(13-11-21)26-16-17-28(34-18-4-2)30(33)29(26)32/h10-17,19-20,22H,3-9,18H2,1-2H3. The highest BCUT2D eigenvalue weighted by atomic mass is 19.2. The molecule has 0 heterocycles. The smallest absolute Gasteiger partial charge is 0.201 e. The fourth-order valence-corrected chi connectivity index (χ4v) is 5.13. The Kier molecular flexibility index (Phi) is 7.97. The highest BCUT2D eigenvalue weighted by Gasteiger charge is 2.24. The molecular formula is C30H33F3O. The first-order valence-corrected chi connectivity index (χ1v) is 12.5. The van der Waals surface area contributed by atoms with Crippen LogP contribution in [0.15, 0.2) is 54.6 Å². The topological polar surface area (TPSA) is 9.23 Å². The third-order valence-corrected chi connectivity index (χ3v) is 7.02. The number of hydrogen-bond acceptors (Lipinski definition) is 1. The first-order chi connectivity index (χ1) is 16.5. The summed E-state index contributed by atoms with van der Waals surface area (Å²) < 4.78 is 49.3. The van der Waals surface area contributed by atoms with Crippen molar-refractivity contribution in [2.24, 2.45) is 5.92 Å². The molecule has 0 atom stereocenters. The fraction of sp³-hybridized carbons (Fsp3) is 0.400. The van der Waals surface area contributed by atoms with Gasteiger partial charge in [-0.15, -0.1) is 0 Å². The number of halogens is 3. The quantitative estimate of drug-likeness (QED) is 0.321. The lowest BCUT2D eigenvalue weighted by Gasteiger charge is -2.29. The minimum atomic E-state index is -0.976. The maximum absolute atomic E-state index is 15.0. The summed E-state index contributed by atoms with van der Waals surface area (Å²) >= 11 is 0. The second kappa shape index (κ2) is 11.1. The largest absolute Gasteiger partial charge is 0.490 e. The minimum absolute atomic E-state index is 0.0749. The molecule has 0 radical (unpaired) electrons. The van der Waals surface area contributed by atoms with Crippen molar-refractivity contribution in [1.29, 1.82) is 0 Å². The van der Waals surface area contributed by atoms with Crippen LogP contribution in [-0.4, -0.2) is 6.61 Å². The zero-order chi connectivity index (χ0) is 24.1. The normalized spacial score (nSPS) is 18.1. The molecule has 0 N–H and O–H groups in total. The summed E-state index contributed by atoms with van der Waals surface area (Å²) in [4.78, 5) is 0. The molecule has 3 aromatic carbocycles. The molecule has 0 aliphatic heterocycles. The van der Waals surface area contributed by atoms with E-state index in [0.29, 0.717) is 24.5 Å². The molecule has 1 aliphatic carbocycles. The maximum atomic E-state index is 15.0. The van der Waals surface area contributed by atoms with Crippen LogP contribution in [0, 0.1) is 23.4 Å². The Balaban J connectivity index is 1.49. The van der Waals surface area contributed by atoms with Crippen LogP contribution in [0.25, 0.3) is 22.3 Å². The van der Waals surface area contributed by atoms with Gasteiger partial charge in [0.1, 0.15) is 5.82 Å². The molecule has 34 heavy (non-hydrogen) atoms. The Hall–Kier alpha value is -2.75. The van der Waals surface area contributed by atoms with Crippen molar-refractivity contribution >= 4 is 0 Å². The number of rotatable bonds is 8. The Morgan fingerprint density at radius 1 is 0.735 bits per heavy atom. The van der Waals surface area contributed by atoms with Crippen LogP contribution in [0.5, 0.6) is 5.75 Å². The molecule has 3 aromatic rings. The van der Waals surface area contributed by atoms with Crippen LogP contribution in [0.3, 0.4) is 0 Å². The molecule has 1 saturated carbocycles. The SMILES string of the molecule is CCCOc1ccc(-c2ccc(-c3ccc(C4CCC(CCC)CC4)c(F)c3)cc2)c(F)c1F. The van der Waals surface area contributed by atoms with Gasteiger partial charge < -0.3 is 4.74 Å². The predicted molar refractivity (Wildman–Crippen MR) is 133 cm³/mol. The Labute approximate surface area is 201 Å². The van der Waals surface area contributed by atoms with E-state index in [-0.39, 0.29) is 17.1 Å². The molecule has 0 spiro atoms. The van der Waals surface area contributed by atoms with E-state index in [1.807, 2.05) is 31.2 Å². The average molecular weight is 467 g/mol. The first-order valence-electron chi connectivity index (χ1n) is 12.5. The molecule has 0 saturated heterocycles. The number of benzene rings is 3. The summed E-state index contributed by atoms with van der Waals surface area (Å²) in [6.07, 6.45) is 7.69. The van der Waals surface area contributed by atoms with Gasteiger partial charge in [-0.3, -0.25) is 0 Å². The van der Waals surface area contributed by atoms with Crippen molar-refractivity contribution in [3.8, 4) is 28.0 Å². The lowest BCUT2D eigenvalue weighted by Crippen LogP contribution is -2.14. The third kappa shape index (κ3) is 5.32. The van der Waals surface area contributed by atoms with E-state index in [4.69, 9.17) is 4.74 Å². The summed E-state index contributed by atoms with van der Waals surface area (Å²) in [5.74, 6) is -1.04. The van der Waals surface area contributed by atoms with Gasteiger partial charge in [-0.2, -0.15) is 4.39 Å². The van der Waals surface area contributed by atoms with E-state index in [9.17, 15) is 8.78 Å². The van der Waals surface area contributed by atoms with Crippen LogP contribution in [0.2, 0.25) is 0 Å². The summed E-state index contributed by atoms with van der Waals surface area (Å²) in [7, 11) is 0. The average Bonchev–Trinajstić information content (AvgIpc) is 2.86. The Morgan fingerprint density at radius 2 is 1.41 bits per heavy atom. The van der Waals surface area contributed by atoms with Gasteiger partial charge in [-0.25, -0.2) is 8.78 Å². The fourth-order valence-electron chi connectivity index (χ4n) is 5.13. The van der Waals surface area contributed by atoms with E-state index in [1.54, 1.807) is 18.2 Å². The van der Waals surface area contributed by atoms with E-state index < -0.39 is 11.6 Å². The lowest BCUT2D eigenvalue weighted by atomic mass is 9.77. The van der Waals surface area contributed by atoms with E-state index >= 15 is 4.39 Å². The highest BCUT2D eigenvalue weighted by Crippen LogP contribution is 2.39. The Bertz CT molecular complexity index is 1100. The molecule has 1 fully saturated rings. The first kappa shape index (κ1) is 24.4. The summed E-state index contributed by atoms with van der Waals surface area (Å²) in [6, 6.07) is 15.6. The minimum Gasteiger partial charge on any atom is -0.490 e. The van der Waals surface area contributed by atoms with Crippen LogP contribution < -0.4 is 4.74 Å². The van der Waals surface area contributed by atoms with Gasteiger partial charge in [0.25, 0.3) is 0 Å². The van der Waals surface area contributed by atoms with Crippen molar-refractivity contribution in [3.05, 3.63) is 77.6 Å². The van der Waals surface area contributed by atoms with Gasteiger partial charge in [0.05, 0.1) is 6.61 Å². The summed E-state index contributed by atoms with van der Waals surface area (Å²) in [5.41, 5.74) is 3.17. The van der Waals surface area contributed by atoms with E-state index in [2.05, 4.69) is 6.92 Å². The van der Waals surface area contributed by atoms with Crippen molar-refractivity contribution in [2.45, 2.75) is 64.7 Å². The second-order valence-corrected chi connectivity index (χ2v) is 9.41. The zero-order valence-electron chi connectivity index (χ0n) is 20.0. The van der Waals surface area contributed by atoms with Crippen molar-refractivity contribution in [3.63, 3.8) is 0 Å². The van der Waals surface area contributed by atoms with E-state index in [1.165, 1.54) is 37.8 Å². The van der Waals surface area contributed by atoms with Crippen LogP contribution >= 0.6 is 0 Å². The molecule has 0 amide bonds. The van der Waals surface area contributed by atoms with Crippen LogP contribution in [-0.2, 0) is 0 Å². The van der Waals surface area contributed by atoms with Gasteiger partial charge in [-0.1, -0.05) is 63.1 Å². The second-order valence-electron chi connectivity index (χ2n) is 9.41. The predicted octanol–water partition coefficient (Wildman–Crippen LogP) is 9.30. The van der Waals surface area contributed by atoms with Crippen molar-refractivity contribution in [1.82, 2.24) is 0 Å². The van der Waals surface area contributed by atoms with Crippen LogP contribution in [0.4, 0.5) is 13.2 Å². The highest BCUT2D eigenvalue weighted by molar-refractivity contribution is 5.71. The lowest BCUT2D eigenvalue weighted by molar-refractivity contribution is 0.295. The van der Waals surface area contributed by atoms with Gasteiger partial charge >= 0.3 is 0 Å². The van der Waals surface area contributed by atoms with Gasteiger partial charge in [0.2, 0.25) is 5.82 Å². The van der Waals surface area contributed by atoms with Crippen LogP contribution in [0.1, 0.15) is 70.3 Å².